The van der Waals surface area contributed by atoms with E-state index in [0.29, 0.717) is 21.5 Å². The molecule has 10 aromatic rings. The van der Waals surface area contributed by atoms with Crippen LogP contribution in [0.3, 0.4) is 0 Å². The molecule has 47 heavy (non-hydrogen) atoms. The van der Waals surface area contributed by atoms with E-state index >= 15 is 0 Å². The van der Waals surface area contributed by atoms with Gasteiger partial charge in [-0.3, -0.25) is 0 Å². The van der Waals surface area contributed by atoms with Gasteiger partial charge in [-0.05, 0) is 83.2 Å². The van der Waals surface area contributed by atoms with Crippen molar-refractivity contribution in [1.29, 1.82) is 0 Å². The summed E-state index contributed by atoms with van der Waals surface area (Å²) in [4.78, 5) is 0. The molecule has 0 amide bonds. The van der Waals surface area contributed by atoms with E-state index in [0.717, 1.165) is 0 Å². The molecule has 0 spiro atoms. The Kier molecular flexibility index (Phi) is 2.87. The Balaban J connectivity index is 1.36. The monoisotopic (exact) mass is 616 g/mol. The van der Waals surface area contributed by atoms with E-state index in [-0.39, 0.29) is 55.0 Å². The highest BCUT2D eigenvalue weighted by molar-refractivity contribution is 6.27. The molecule has 0 fully saturated rings. The van der Waals surface area contributed by atoms with Crippen molar-refractivity contribution in [2.45, 2.75) is 0 Å². The van der Waals surface area contributed by atoms with Crippen molar-refractivity contribution in [3.63, 3.8) is 0 Å². The zero-order valence-electron chi connectivity index (χ0n) is 44.0. The van der Waals surface area contributed by atoms with Crippen LogP contribution in [0.1, 0.15) is 27.4 Å². The molecule has 9 aromatic carbocycles. The molecule has 0 saturated heterocycles. The summed E-state index contributed by atoms with van der Waals surface area (Å²) in [6.45, 7) is 0. The number of fused-ring (bicyclic) bond motifs is 8. The summed E-state index contributed by atoms with van der Waals surface area (Å²) in [7, 11) is 0. The Hall–Kier alpha value is -6.18. The minimum absolute atomic E-state index is 0.0276. The molecule has 0 saturated carbocycles. The van der Waals surface area contributed by atoms with Gasteiger partial charge in [0.2, 0.25) is 0 Å². The third-order valence-electron chi connectivity index (χ3n) is 8.37. The highest BCUT2D eigenvalue weighted by Crippen LogP contribution is 2.47. The summed E-state index contributed by atoms with van der Waals surface area (Å²) in [5.41, 5.74) is -1.35. The summed E-state index contributed by atoms with van der Waals surface area (Å²) >= 11 is 0. The normalized spacial score (nSPS) is 17.8. The van der Waals surface area contributed by atoms with Gasteiger partial charge in [0, 0.05) is 16.2 Å². The molecule has 0 N–H and O–H groups in total. The Bertz CT molecular complexity index is 3890. The van der Waals surface area contributed by atoms with Gasteiger partial charge in [0.15, 0.2) is 0 Å². The lowest BCUT2D eigenvalue weighted by Crippen LogP contribution is -1.91. The van der Waals surface area contributed by atoms with Crippen molar-refractivity contribution < 1.29 is 31.8 Å². The SMILES string of the molecule is [2H]c1c([2H])c(-c2c([2H])c([2H])c([2H])c3c([2H])c([2H])c([2H])c([2H])c23)c([2H])c([2H])c1-c1c2ccccc2c(-c2c([2H])c([2H])c([2H])c3oc4c5c([2H])c([2H])c([2H])c([2H])c5c([2H])c([2H])c4c23)c2ccccc12. The molecule has 1 aromatic heterocycles. The molecule has 0 bridgehead atoms. The molecule has 0 aliphatic carbocycles. The first-order valence-electron chi connectivity index (χ1n) is 24.6. The van der Waals surface area contributed by atoms with Crippen molar-refractivity contribution in [2.24, 2.45) is 0 Å². The molecule has 0 aliphatic rings. The Morgan fingerprint density at radius 3 is 1.66 bits per heavy atom. The highest BCUT2D eigenvalue weighted by Gasteiger charge is 2.21. The fourth-order valence-electron chi connectivity index (χ4n) is 6.38. The van der Waals surface area contributed by atoms with Gasteiger partial charge >= 0.3 is 0 Å². The van der Waals surface area contributed by atoms with Crippen LogP contribution in [0.2, 0.25) is 0 Å². The Morgan fingerprint density at radius 1 is 0.383 bits per heavy atom. The quantitative estimate of drug-likeness (QED) is 0.180. The van der Waals surface area contributed by atoms with E-state index in [1.807, 2.05) is 0 Å². The van der Waals surface area contributed by atoms with E-state index in [2.05, 4.69) is 0 Å². The van der Waals surface area contributed by atoms with Crippen LogP contribution in [-0.4, -0.2) is 0 Å². The van der Waals surface area contributed by atoms with Gasteiger partial charge in [-0.15, -0.1) is 0 Å². The maximum atomic E-state index is 9.54. The number of benzene rings is 9. The smallest absolute Gasteiger partial charge is 0.143 e. The summed E-state index contributed by atoms with van der Waals surface area (Å²) in [5, 5.41) is -0.244. The average Bonchev–Trinajstić information content (AvgIpc) is 3.71. The van der Waals surface area contributed by atoms with Crippen LogP contribution in [0.25, 0.3) is 98.4 Å². The predicted molar refractivity (Wildman–Crippen MR) is 200 cm³/mol. The van der Waals surface area contributed by atoms with Gasteiger partial charge in [-0.1, -0.05) is 157 Å². The zero-order valence-corrected chi connectivity index (χ0v) is 24.0. The van der Waals surface area contributed by atoms with Gasteiger partial charge in [-0.25, -0.2) is 0 Å². The van der Waals surface area contributed by atoms with Gasteiger partial charge < -0.3 is 4.42 Å². The first-order valence-corrected chi connectivity index (χ1v) is 14.6. The highest BCUT2D eigenvalue weighted by atomic mass is 16.3. The molecular formula is C46H28O. The average molecular weight is 617 g/mol. The minimum Gasteiger partial charge on any atom is -0.455 e. The number of hydrogen-bond donors (Lipinski definition) is 0. The maximum absolute atomic E-state index is 9.54. The standard InChI is InChI=1S/C46H28O/c1-3-14-33-29(11-1)13-9-20-34(33)31-23-25-32(26-24-31)43-36-16-5-7-18-38(36)44(39-19-8-6-17-37(39)43)40-21-10-22-42-45(40)41-28-27-30-12-2-4-15-35(30)46(41)47-42/h1-28H/i1D,2D,3D,4D,9D,10D,11D,12D,13D,14D,15D,20D,21D,22D,23D,24D,25D,26D,27D,28D. The summed E-state index contributed by atoms with van der Waals surface area (Å²) < 4.78 is 184. The summed E-state index contributed by atoms with van der Waals surface area (Å²) in [6.07, 6.45) is 0. The molecular weight excluding hydrogens is 569 g/mol. The van der Waals surface area contributed by atoms with Crippen molar-refractivity contribution in [3.8, 4) is 33.4 Å². The van der Waals surface area contributed by atoms with E-state index in [1.54, 1.807) is 48.5 Å². The third-order valence-corrected chi connectivity index (χ3v) is 8.37. The minimum atomic E-state index is -0.752. The fourth-order valence-corrected chi connectivity index (χ4v) is 6.38. The molecule has 1 heterocycles. The largest absolute Gasteiger partial charge is 0.455 e. The summed E-state index contributed by atoms with van der Waals surface area (Å²) in [6, 6.07) is 0.490. The Morgan fingerprint density at radius 2 is 0.936 bits per heavy atom. The maximum Gasteiger partial charge on any atom is 0.143 e. The molecule has 10 rings (SSSR count). The van der Waals surface area contributed by atoms with Crippen LogP contribution in [0.15, 0.2) is 174 Å². The third kappa shape index (κ3) is 3.90. The lowest BCUT2D eigenvalue weighted by molar-refractivity contribution is 0.673. The summed E-state index contributed by atoms with van der Waals surface area (Å²) in [5.74, 6) is 0. The molecule has 0 atom stereocenters. The van der Waals surface area contributed by atoms with Crippen LogP contribution in [0.5, 0.6) is 0 Å². The van der Waals surface area contributed by atoms with Crippen LogP contribution in [0.4, 0.5) is 0 Å². The van der Waals surface area contributed by atoms with Crippen LogP contribution in [-0.2, 0) is 0 Å². The Labute approximate surface area is 300 Å². The first kappa shape index (κ1) is 13.3. The van der Waals surface area contributed by atoms with Gasteiger partial charge in [0.1, 0.15) is 11.2 Å². The lowest BCUT2D eigenvalue weighted by Gasteiger charge is -2.18. The number of rotatable bonds is 3. The van der Waals surface area contributed by atoms with Crippen molar-refractivity contribution in [1.82, 2.24) is 0 Å². The molecule has 1 heteroatoms. The van der Waals surface area contributed by atoms with Crippen molar-refractivity contribution in [3.05, 3.63) is 169 Å². The second-order valence-corrected chi connectivity index (χ2v) is 10.9. The number of furan rings is 1. The van der Waals surface area contributed by atoms with Crippen molar-refractivity contribution in [2.75, 3.05) is 0 Å². The second kappa shape index (κ2) is 10.2. The van der Waals surface area contributed by atoms with Gasteiger partial charge in [0.25, 0.3) is 0 Å². The van der Waals surface area contributed by atoms with E-state index in [4.69, 9.17) is 23.6 Å². The molecule has 0 aliphatic heterocycles. The van der Waals surface area contributed by atoms with Gasteiger partial charge in [0.05, 0.1) is 27.4 Å². The predicted octanol–water partition coefficient (Wildman–Crippen LogP) is 13.2. The zero-order chi connectivity index (χ0) is 48.3. The van der Waals surface area contributed by atoms with Crippen LogP contribution in [0, 0.1) is 0 Å². The van der Waals surface area contributed by atoms with Crippen LogP contribution < -0.4 is 0 Å². The van der Waals surface area contributed by atoms with Crippen molar-refractivity contribution >= 4 is 65.0 Å². The molecule has 0 unspecified atom stereocenters. The van der Waals surface area contributed by atoms with Crippen LogP contribution >= 0.6 is 0 Å². The lowest BCUT2D eigenvalue weighted by atomic mass is 9.84. The molecule has 0 radical (unpaired) electrons. The first-order chi connectivity index (χ1) is 31.7. The van der Waals surface area contributed by atoms with E-state index < -0.39 is 143 Å². The van der Waals surface area contributed by atoms with E-state index in [1.165, 1.54) is 0 Å². The molecule has 1 nitrogen and oxygen atoms in total. The second-order valence-electron chi connectivity index (χ2n) is 10.9. The fraction of sp³-hybridized carbons (Fsp3) is 0. The topological polar surface area (TPSA) is 13.1 Å². The van der Waals surface area contributed by atoms with Gasteiger partial charge in [-0.2, -0.15) is 0 Å². The number of hydrogen-bond acceptors (Lipinski definition) is 1. The molecule has 218 valence electrons. The van der Waals surface area contributed by atoms with E-state index in [9.17, 15) is 8.22 Å².